The van der Waals surface area contributed by atoms with Crippen LogP contribution < -0.4 is 0 Å². The van der Waals surface area contributed by atoms with Gasteiger partial charge in [0.05, 0.1) is 5.75 Å². The highest BCUT2D eigenvalue weighted by Gasteiger charge is 2.17. The van der Waals surface area contributed by atoms with Gasteiger partial charge in [0.2, 0.25) is 10.6 Å². The first kappa shape index (κ1) is 14.5. The van der Waals surface area contributed by atoms with E-state index in [1.54, 1.807) is 20.8 Å². The van der Waals surface area contributed by atoms with Crippen LogP contribution in [0.3, 0.4) is 0 Å². The van der Waals surface area contributed by atoms with Gasteiger partial charge in [0.15, 0.2) is 5.16 Å². The molecule has 0 aromatic carbocycles. The maximum atomic E-state index is 11.4. The Hall–Kier alpha value is -0.590. The van der Waals surface area contributed by atoms with Crippen molar-refractivity contribution >= 4 is 40.9 Å². The highest BCUT2D eigenvalue weighted by atomic mass is 35.5. The fourth-order valence-corrected chi connectivity index (χ4v) is 1.94. The Balaban J connectivity index is 2.53. The molecule has 0 N–H and O–H groups in total. The lowest BCUT2D eigenvalue weighted by atomic mass is 10.2. The Morgan fingerprint density at radius 2 is 1.76 bits per heavy atom. The molecule has 8 heteroatoms. The van der Waals surface area contributed by atoms with E-state index in [9.17, 15) is 4.79 Å². The zero-order valence-electron chi connectivity index (χ0n) is 9.53. The van der Waals surface area contributed by atoms with Crippen LogP contribution in [0, 0.1) is 0 Å². The van der Waals surface area contributed by atoms with Crippen LogP contribution in [0.5, 0.6) is 0 Å². The van der Waals surface area contributed by atoms with E-state index >= 15 is 0 Å². The molecule has 0 aliphatic heterocycles. The summed E-state index contributed by atoms with van der Waals surface area (Å²) in [5.74, 6) is -0.260. The minimum absolute atomic E-state index is 0.00307. The highest BCUT2D eigenvalue weighted by molar-refractivity contribution is 7.99. The molecule has 5 nitrogen and oxygen atoms in total. The number of ether oxygens (including phenoxy) is 1. The molecule has 0 saturated heterocycles. The van der Waals surface area contributed by atoms with Gasteiger partial charge in [0.25, 0.3) is 0 Å². The summed E-state index contributed by atoms with van der Waals surface area (Å²) in [7, 11) is 0. The molecule has 0 atom stereocenters. The number of rotatable bonds is 3. The van der Waals surface area contributed by atoms with Crippen molar-refractivity contribution in [3.63, 3.8) is 0 Å². The van der Waals surface area contributed by atoms with Crippen molar-refractivity contribution < 1.29 is 9.53 Å². The lowest BCUT2D eigenvalue weighted by Crippen LogP contribution is -2.25. The molecule has 0 bridgehead atoms. The summed E-state index contributed by atoms with van der Waals surface area (Å²) < 4.78 is 5.12. The molecule has 0 aliphatic carbocycles. The van der Waals surface area contributed by atoms with Gasteiger partial charge in [-0.2, -0.15) is 15.0 Å². The predicted molar refractivity (Wildman–Crippen MR) is 66.4 cm³/mol. The normalized spacial score (nSPS) is 11.4. The first-order valence-electron chi connectivity index (χ1n) is 4.68. The van der Waals surface area contributed by atoms with E-state index in [4.69, 9.17) is 27.9 Å². The molecule has 1 aromatic heterocycles. The quantitative estimate of drug-likeness (QED) is 0.631. The van der Waals surface area contributed by atoms with Gasteiger partial charge in [0, 0.05) is 0 Å². The van der Waals surface area contributed by atoms with Crippen LogP contribution in [0.2, 0.25) is 10.6 Å². The van der Waals surface area contributed by atoms with Crippen molar-refractivity contribution in [1.82, 2.24) is 15.0 Å². The maximum absolute atomic E-state index is 11.4. The van der Waals surface area contributed by atoms with Crippen LogP contribution in [-0.4, -0.2) is 32.3 Å². The lowest BCUT2D eigenvalue weighted by molar-refractivity contribution is -0.151. The third kappa shape index (κ3) is 6.05. The summed E-state index contributed by atoms with van der Waals surface area (Å²) in [5, 5.41) is 0.286. The van der Waals surface area contributed by atoms with Gasteiger partial charge in [-0.1, -0.05) is 11.8 Å². The first-order valence-corrected chi connectivity index (χ1v) is 6.42. The lowest BCUT2D eigenvalue weighted by Gasteiger charge is -2.19. The van der Waals surface area contributed by atoms with Crippen LogP contribution >= 0.6 is 35.0 Å². The number of hydrogen-bond acceptors (Lipinski definition) is 6. The van der Waals surface area contributed by atoms with Crippen molar-refractivity contribution in [2.24, 2.45) is 0 Å². The van der Waals surface area contributed by atoms with Crippen LogP contribution in [-0.2, 0) is 9.53 Å². The van der Waals surface area contributed by atoms with Crippen LogP contribution in [0.15, 0.2) is 5.16 Å². The molecule has 1 aromatic rings. The summed E-state index contributed by atoms with van der Waals surface area (Å²) in [4.78, 5) is 22.7. The second-order valence-corrected chi connectivity index (χ2v) is 5.65. The third-order valence-corrected chi connectivity index (χ3v) is 2.46. The monoisotopic (exact) mass is 295 g/mol. The fraction of sp³-hybridized carbons (Fsp3) is 0.556. The van der Waals surface area contributed by atoms with Crippen LogP contribution in [0.25, 0.3) is 0 Å². The molecule has 0 saturated carbocycles. The zero-order chi connectivity index (χ0) is 13.1. The predicted octanol–water partition coefficient (Wildman–Crippen LogP) is 2.61. The zero-order valence-corrected chi connectivity index (χ0v) is 11.9. The van der Waals surface area contributed by atoms with E-state index in [0.717, 1.165) is 11.8 Å². The Morgan fingerprint density at radius 1 is 1.24 bits per heavy atom. The van der Waals surface area contributed by atoms with Crippen molar-refractivity contribution in [1.29, 1.82) is 0 Å². The Kier molecular flexibility index (Phi) is 4.97. The molecular weight excluding hydrogens is 285 g/mol. The topological polar surface area (TPSA) is 65.0 Å². The summed E-state index contributed by atoms with van der Waals surface area (Å²) in [5.41, 5.74) is -0.508. The number of hydrogen-bond donors (Lipinski definition) is 0. The van der Waals surface area contributed by atoms with Crippen molar-refractivity contribution in [3.8, 4) is 0 Å². The van der Waals surface area contributed by atoms with E-state index in [1.165, 1.54) is 0 Å². The number of esters is 1. The number of aromatic nitrogens is 3. The summed E-state index contributed by atoms with van der Waals surface area (Å²) in [6, 6.07) is 0. The summed E-state index contributed by atoms with van der Waals surface area (Å²) in [6.45, 7) is 5.39. The molecule has 0 spiro atoms. The summed E-state index contributed by atoms with van der Waals surface area (Å²) >= 11 is 12.3. The molecule has 0 unspecified atom stereocenters. The van der Waals surface area contributed by atoms with Gasteiger partial charge in [0.1, 0.15) is 5.60 Å². The molecule has 17 heavy (non-hydrogen) atoms. The van der Waals surface area contributed by atoms with E-state index < -0.39 is 5.60 Å². The van der Waals surface area contributed by atoms with E-state index in [-0.39, 0.29) is 22.3 Å². The second kappa shape index (κ2) is 5.84. The summed E-state index contributed by atoms with van der Waals surface area (Å²) in [6.07, 6.45) is 0. The van der Waals surface area contributed by atoms with Crippen LogP contribution in [0.4, 0.5) is 0 Å². The Morgan fingerprint density at radius 3 is 2.24 bits per heavy atom. The van der Waals surface area contributed by atoms with Gasteiger partial charge >= 0.3 is 5.97 Å². The van der Waals surface area contributed by atoms with Gasteiger partial charge in [-0.15, -0.1) is 0 Å². The van der Waals surface area contributed by atoms with Gasteiger partial charge in [-0.3, -0.25) is 4.79 Å². The maximum Gasteiger partial charge on any atom is 0.316 e. The van der Waals surface area contributed by atoms with Crippen molar-refractivity contribution in [2.45, 2.75) is 31.5 Å². The molecule has 1 heterocycles. The van der Waals surface area contributed by atoms with Gasteiger partial charge < -0.3 is 4.74 Å². The highest BCUT2D eigenvalue weighted by Crippen LogP contribution is 2.18. The largest absolute Gasteiger partial charge is 0.459 e. The number of thioether (sulfide) groups is 1. The van der Waals surface area contributed by atoms with E-state index in [2.05, 4.69) is 15.0 Å². The minimum atomic E-state index is -0.508. The number of nitrogens with zero attached hydrogens (tertiary/aromatic N) is 3. The Bertz CT molecular complexity index is 403. The third-order valence-electron chi connectivity index (χ3n) is 1.30. The second-order valence-electron chi connectivity index (χ2n) is 4.03. The molecule has 1 rings (SSSR count). The molecule has 0 aliphatic rings. The number of carbonyl (C=O) groups is 1. The molecule has 0 amide bonds. The smallest absolute Gasteiger partial charge is 0.316 e. The van der Waals surface area contributed by atoms with E-state index in [0.29, 0.717) is 5.16 Å². The average molecular weight is 296 g/mol. The van der Waals surface area contributed by atoms with E-state index in [1.807, 2.05) is 0 Å². The number of carbonyl (C=O) groups excluding carboxylic acids is 1. The minimum Gasteiger partial charge on any atom is -0.459 e. The Labute approximate surface area is 113 Å². The molecular formula is C9H11Cl2N3O2S. The van der Waals surface area contributed by atoms with Gasteiger partial charge in [-0.25, -0.2) is 0 Å². The SMILES string of the molecule is CC(C)(C)OC(=O)CSc1nc(Cl)nc(Cl)n1. The van der Waals surface area contributed by atoms with Gasteiger partial charge in [-0.05, 0) is 44.0 Å². The van der Waals surface area contributed by atoms with Crippen molar-refractivity contribution in [2.75, 3.05) is 5.75 Å². The molecule has 0 fully saturated rings. The molecule has 94 valence electrons. The fourth-order valence-electron chi connectivity index (χ4n) is 0.868. The average Bonchev–Trinajstić information content (AvgIpc) is 2.10. The van der Waals surface area contributed by atoms with Crippen LogP contribution in [0.1, 0.15) is 20.8 Å². The standard InChI is InChI=1S/C9H11Cl2N3O2S/c1-9(2,3)16-5(15)4-17-8-13-6(10)12-7(11)14-8/h4H2,1-3H3. The molecule has 0 radical (unpaired) electrons. The first-order chi connectivity index (χ1) is 7.76. The number of halogens is 2. The van der Waals surface area contributed by atoms with Crippen molar-refractivity contribution in [3.05, 3.63) is 10.6 Å².